The van der Waals surface area contributed by atoms with Crippen molar-refractivity contribution in [3.05, 3.63) is 102 Å². The van der Waals surface area contributed by atoms with E-state index in [0.717, 1.165) is 24.3 Å². The second-order valence-electron chi connectivity index (χ2n) is 5.71. The minimum atomic E-state index is 0.747. The van der Waals surface area contributed by atoms with Gasteiger partial charge in [0.1, 0.15) is 0 Å². The van der Waals surface area contributed by atoms with E-state index in [1.807, 2.05) is 42.6 Å². The van der Waals surface area contributed by atoms with Crippen molar-refractivity contribution in [2.24, 2.45) is 5.10 Å². The number of anilines is 1. The zero-order valence-electron chi connectivity index (χ0n) is 13.5. The highest BCUT2D eigenvalue weighted by Crippen LogP contribution is 2.11. The minimum Gasteiger partial charge on any atom is -0.399 e. The molecular weight excluding hydrogens is 294 g/mol. The topological polar surface area (TPSA) is 41.6 Å². The predicted octanol–water partition coefficient (Wildman–Crippen LogP) is 4.31. The van der Waals surface area contributed by atoms with Gasteiger partial charge in [0.25, 0.3) is 0 Å². The zero-order valence-corrected chi connectivity index (χ0v) is 13.5. The third-order valence-electron chi connectivity index (χ3n) is 3.70. The molecule has 3 heteroatoms. The lowest BCUT2D eigenvalue weighted by Crippen LogP contribution is -2.17. The van der Waals surface area contributed by atoms with Crippen molar-refractivity contribution in [1.29, 1.82) is 0 Å². The van der Waals surface area contributed by atoms with Crippen LogP contribution in [0.2, 0.25) is 0 Å². The smallest absolute Gasteiger partial charge is 0.0614 e. The molecule has 0 bridgehead atoms. The third-order valence-corrected chi connectivity index (χ3v) is 3.70. The standard InChI is InChI=1S/C21H21N3/c22-21-13-7-12-20(14-21)15-23-24(16-18-8-3-1-4-9-18)17-19-10-5-2-6-11-19/h1-15H,16-17,22H2/b23-15+. The van der Waals surface area contributed by atoms with E-state index in [9.17, 15) is 0 Å². The van der Waals surface area contributed by atoms with Crippen molar-refractivity contribution >= 4 is 11.9 Å². The first-order valence-corrected chi connectivity index (χ1v) is 8.02. The molecule has 0 saturated heterocycles. The molecule has 24 heavy (non-hydrogen) atoms. The molecule has 0 unspecified atom stereocenters. The van der Waals surface area contributed by atoms with Crippen molar-refractivity contribution < 1.29 is 0 Å². The minimum absolute atomic E-state index is 0.747. The maximum Gasteiger partial charge on any atom is 0.0614 e. The molecule has 3 rings (SSSR count). The first-order chi connectivity index (χ1) is 11.8. The van der Waals surface area contributed by atoms with Gasteiger partial charge in [-0.3, -0.25) is 5.01 Å². The van der Waals surface area contributed by atoms with E-state index in [0.29, 0.717) is 0 Å². The Morgan fingerprint density at radius 2 is 1.33 bits per heavy atom. The number of nitrogen functional groups attached to an aromatic ring is 1. The molecule has 3 aromatic rings. The number of nitrogens with two attached hydrogens (primary N) is 1. The highest BCUT2D eigenvalue weighted by Gasteiger charge is 2.04. The van der Waals surface area contributed by atoms with Gasteiger partial charge in [0.15, 0.2) is 0 Å². The Morgan fingerprint density at radius 1 is 0.750 bits per heavy atom. The van der Waals surface area contributed by atoms with E-state index < -0.39 is 0 Å². The van der Waals surface area contributed by atoms with Crippen molar-refractivity contribution in [3.63, 3.8) is 0 Å². The number of hydrazone groups is 1. The van der Waals surface area contributed by atoms with E-state index in [2.05, 4.69) is 58.6 Å². The monoisotopic (exact) mass is 315 g/mol. The Kier molecular flexibility index (Phi) is 5.25. The Labute approximate surface area is 143 Å². The molecule has 0 amide bonds. The summed E-state index contributed by atoms with van der Waals surface area (Å²) in [7, 11) is 0. The zero-order chi connectivity index (χ0) is 16.6. The molecule has 3 nitrogen and oxygen atoms in total. The summed E-state index contributed by atoms with van der Waals surface area (Å²) < 4.78 is 0. The van der Waals surface area contributed by atoms with E-state index >= 15 is 0 Å². The molecule has 0 aromatic heterocycles. The summed E-state index contributed by atoms with van der Waals surface area (Å²) in [4.78, 5) is 0. The van der Waals surface area contributed by atoms with Crippen LogP contribution in [0.4, 0.5) is 5.69 Å². The van der Waals surface area contributed by atoms with Crippen molar-refractivity contribution in [3.8, 4) is 0 Å². The van der Waals surface area contributed by atoms with Gasteiger partial charge in [-0.25, -0.2) is 0 Å². The van der Waals surface area contributed by atoms with Crippen LogP contribution in [-0.4, -0.2) is 11.2 Å². The van der Waals surface area contributed by atoms with Gasteiger partial charge >= 0.3 is 0 Å². The second kappa shape index (κ2) is 7.97. The van der Waals surface area contributed by atoms with Crippen LogP contribution in [0.1, 0.15) is 16.7 Å². The van der Waals surface area contributed by atoms with Crippen LogP contribution in [0.15, 0.2) is 90.0 Å². The maximum atomic E-state index is 5.84. The molecule has 3 aromatic carbocycles. The normalized spacial score (nSPS) is 10.8. The average Bonchev–Trinajstić information content (AvgIpc) is 2.62. The van der Waals surface area contributed by atoms with Crippen LogP contribution in [0.5, 0.6) is 0 Å². The SMILES string of the molecule is Nc1cccc(/C=N/N(Cc2ccccc2)Cc2ccccc2)c1. The molecule has 0 aliphatic heterocycles. The van der Waals surface area contributed by atoms with E-state index in [-0.39, 0.29) is 0 Å². The summed E-state index contributed by atoms with van der Waals surface area (Å²) in [5.41, 5.74) is 10.1. The molecule has 0 saturated carbocycles. The van der Waals surface area contributed by atoms with Gasteiger partial charge in [-0.2, -0.15) is 5.10 Å². The molecule has 120 valence electrons. The molecule has 0 aliphatic carbocycles. The van der Waals surface area contributed by atoms with Crippen LogP contribution < -0.4 is 5.73 Å². The molecule has 0 radical (unpaired) electrons. The van der Waals surface area contributed by atoms with Gasteiger partial charge in [0, 0.05) is 5.69 Å². The Bertz CT molecular complexity index is 741. The fourth-order valence-corrected chi connectivity index (χ4v) is 2.51. The van der Waals surface area contributed by atoms with Crippen LogP contribution >= 0.6 is 0 Å². The summed E-state index contributed by atoms with van der Waals surface area (Å²) in [6.45, 7) is 1.52. The first-order valence-electron chi connectivity index (χ1n) is 8.02. The Morgan fingerprint density at radius 3 is 1.88 bits per heavy atom. The number of hydrogen-bond acceptors (Lipinski definition) is 3. The van der Waals surface area contributed by atoms with Crippen LogP contribution in [0.3, 0.4) is 0 Å². The maximum absolute atomic E-state index is 5.84. The number of nitrogens with zero attached hydrogens (tertiary/aromatic N) is 2. The van der Waals surface area contributed by atoms with Gasteiger partial charge in [-0.05, 0) is 28.8 Å². The molecule has 2 N–H and O–H groups in total. The van der Waals surface area contributed by atoms with Gasteiger partial charge < -0.3 is 5.73 Å². The average molecular weight is 315 g/mol. The second-order valence-corrected chi connectivity index (χ2v) is 5.71. The molecular formula is C21H21N3. The molecule has 0 spiro atoms. The number of rotatable bonds is 6. The molecule has 0 heterocycles. The molecule has 0 aliphatic rings. The third kappa shape index (κ3) is 4.71. The highest BCUT2D eigenvalue weighted by molar-refractivity contribution is 5.80. The fourth-order valence-electron chi connectivity index (χ4n) is 2.51. The largest absolute Gasteiger partial charge is 0.399 e. The van der Waals surface area contributed by atoms with Crippen LogP contribution in [-0.2, 0) is 13.1 Å². The number of benzene rings is 3. The van der Waals surface area contributed by atoms with Gasteiger partial charge in [-0.15, -0.1) is 0 Å². The lowest BCUT2D eigenvalue weighted by Gasteiger charge is -2.19. The predicted molar refractivity (Wildman–Crippen MR) is 101 cm³/mol. The summed E-state index contributed by atoms with van der Waals surface area (Å²) >= 11 is 0. The first kappa shape index (κ1) is 15.8. The summed E-state index contributed by atoms with van der Waals surface area (Å²) in [5.74, 6) is 0. The van der Waals surface area contributed by atoms with Crippen molar-refractivity contribution in [2.75, 3.05) is 5.73 Å². The van der Waals surface area contributed by atoms with Gasteiger partial charge in [-0.1, -0.05) is 72.8 Å². The van der Waals surface area contributed by atoms with E-state index in [1.54, 1.807) is 0 Å². The van der Waals surface area contributed by atoms with Gasteiger partial charge in [0.2, 0.25) is 0 Å². The van der Waals surface area contributed by atoms with Gasteiger partial charge in [0.05, 0.1) is 19.3 Å². The van der Waals surface area contributed by atoms with Crippen LogP contribution in [0, 0.1) is 0 Å². The number of hydrogen-bond donors (Lipinski definition) is 1. The van der Waals surface area contributed by atoms with E-state index in [1.165, 1.54) is 11.1 Å². The summed E-state index contributed by atoms with van der Waals surface area (Å²) in [6.07, 6.45) is 1.86. The summed E-state index contributed by atoms with van der Waals surface area (Å²) in [5, 5.41) is 6.74. The van der Waals surface area contributed by atoms with Crippen molar-refractivity contribution in [1.82, 2.24) is 5.01 Å². The Hall–Kier alpha value is -3.07. The molecule has 0 fully saturated rings. The lowest BCUT2D eigenvalue weighted by molar-refractivity contribution is 0.272. The van der Waals surface area contributed by atoms with E-state index in [4.69, 9.17) is 5.73 Å². The fraction of sp³-hybridized carbons (Fsp3) is 0.0952. The van der Waals surface area contributed by atoms with Crippen LogP contribution in [0.25, 0.3) is 0 Å². The highest BCUT2D eigenvalue weighted by atomic mass is 15.4. The van der Waals surface area contributed by atoms with Crippen molar-refractivity contribution in [2.45, 2.75) is 13.1 Å². The lowest BCUT2D eigenvalue weighted by atomic mass is 10.2. The summed E-state index contributed by atoms with van der Waals surface area (Å²) in [6, 6.07) is 28.5. The quantitative estimate of drug-likeness (QED) is 0.418. The Balaban J connectivity index is 1.78. The molecule has 0 atom stereocenters.